The van der Waals surface area contributed by atoms with Crippen molar-refractivity contribution in [3.8, 4) is 17.1 Å². The number of fused-ring (bicyclic) bond motifs is 1. The second-order valence-corrected chi connectivity index (χ2v) is 9.94. The first kappa shape index (κ1) is 27.3. The van der Waals surface area contributed by atoms with Crippen molar-refractivity contribution < 1.29 is 9.47 Å². The number of aryl methyl sites for hydroxylation is 1. The van der Waals surface area contributed by atoms with Crippen molar-refractivity contribution >= 4 is 17.7 Å². The Hall–Kier alpha value is -2.76. The molecule has 0 bridgehead atoms. The van der Waals surface area contributed by atoms with Gasteiger partial charge in [-0.05, 0) is 67.9 Å². The highest BCUT2D eigenvalue weighted by molar-refractivity contribution is 6.30. The Morgan fingerprint density at radius 2 is 1.68 bits per heavy atom. The van der Waals surface area contributed by atoms with Crippen LogP contribution in [0, 0.1) is 0 Å². The molecule has 37 heavy (non-hydrogen) atoms. The van der Waals surface area contributed by atoms with E-state index in [1.54, 1.807) is 0 Å². The number of imidazole rings is 1. The van der Waals surface area contributed by atoms with Gasteiger partial charge in [0.25, 0.3) is 0 Å². The first-order valence-electron chi connectivity index (χ1n) is 13.7. The van der Waals surface area contributed by atoms with E-state index in [0.29, 0.717) is 6.61 Å². The monoisotopic (exact) mass is 521 g/mol. The maximum absolute atomic E-state index is 6.19. The van der Waals surface area contributed by atoms with Crippen LogP contribution < -0.4 is 4.74 Å². The third-order valence-electron chi connectivity index (χ3n) is 7.00. The van der Waals surface area contributed by atoms with Crippen molar-refractivity contribution in [1.29, 1.82) is 0 Å². The van der Waals surface area contributed by atoms with Crippen LogP contribution in [-0.2, 0) is 24.1 Å². The van der Waals surface area contributed by atoms with E-state index < -0.39 is 0 Å². The van der Waals surface area contributed by atoms with Crippen molar-refractivity contribution in [2.45, 2.75) is 59.4 Å². The molecule has 1 aromatic heterocycles. The van der Waals surface area contributed by atoms with Crippen molar-refractivity contribution in [1.82, 2.24) is 14.5 Å². The average molecular weight is 522 g/mol. The highest BCUT2D eigenvalue weighted by Gasteiger charge is 2.21. The van der Waals surface area contributed by atoms with E-state index in [1.165, 1.54) is 17.0 Å². The summed E-state index contributed by atoms with van der Waals surface area (Å²) in [6.07, 6.45) is 7.16. The van der Waals surface area contributed by atoms with Gasteiger partial charge in [0, 0.05) is 42.6 Å². The van der Waals surface area contributed by atoms with Crippen LogP contribution in [0.3, 0.4) is 0 Å². The third kappa shape index (κ3) is 7.39. The highest BCUT2D eigenvalue weighted by atomic mass is 35.5. The zero-order chi connectivity index (χ0) is 26.0. The molecule has 6 heteroatoms. The second kappa shape index (κ2) is 13.7. The van der Waals surface area contributed by atoms with E-state index >= 15 is 0 Å². The molecule has 0 saturated heterocycles. The van der Waals surface area contributed by atoms with Crippen molar-refractivity contribution in [3.05, 3.63) is 76.3 Å². The maximum Gasteiger partial charge on any atom is 0.140 e. The molecule has 5 nitrogen and oxygen atoms in total. The molecule has 4 rings (SSSR count). The van der Waals surface area contributed by atoms with Crippen molar-refractivity contribution in [2.75, 3.05) is 32.8 Å². The quantitative estimate of drug-likeness (QED) is 0.223. The summed E-state index contributed by atoms with van der Waals surface area (Å²) in [6, 6.07) is 16.3. The molecule has 0 radical (unpaired) electrons. The van der Waals surface area contributed by atoms with Crippen LogP contribution in [0.4, 0.5) is 0 Å². The topological polar surface area (TPSA) is 39.5 Å². The van der Waals surface area contributed by atoms with Gasteiger partial charge < -0.3 is 18.9 Å². The summed E-state index contributed by atoms with van der Waals surface area (Å²) >= 11 is 5.98. The molecule has 0 saturated carbocycles. The van der Waals surface area contributed by atoms with Gasteiger partial charge in [0.15, 0.2) is 0 Å². The predicted octanol–water partition coefficient (Wildman–Crippen LogP) is 7.27. The highest BCUT2D eigenvalue weighted by Crippen LogP contribution is 2.31. The van der Waals surface area contributed by atoms with E-state index in [2.05, 4.69) is 48.4 Å². The lowest BCUT2D eigenvalue weighted by atomic mass is 10.1. The molecular formula is C31H40ClN3O2. The SMILES string of the molecule is CCCCn1c(-c2ccc(OCCc3ccc(Cl)cc3)cc2)nc2c1C=C(OCCN(CC)CC)CC2. The van der Waals surface area contributed by atoms with Crippen LogP contribution in [0.15, 0.2) is 54.3 Å². The molecule has 0 aliphatic heterocycles. The van der Waals surface area contributed by atoms with Gasteiger partial charge in [-0.2, -0.15) is 0 Å². The molecular weight excluding hydrogens is 482 g/mol. The molecule has 1 aliphatic carbocycles. The minimum Gasteiger partial charge on any atom is -0.497 e. The number of unbranched alkanes of at least 4 members (excludes halogenated alkanes) is 1. The summed E-state index contributed by atoms with van der Waals surface area (Å²) < 4.78 is 14.6. The van der Waals surface area contributed by atoms with Crippen LogP contribution in [-0.4, -0.2) is 47.3 Å². The summed E-state index contributed by atoms with van der Waals surface area (Å²) in [5, 5.41) is 0.758. The Kier molecular flexibility index (Phi) is 10.1. The van der Waals surface area contributed by atoms with E-state index in [4.69, 9.17) is 26.1 Å². The fraction of sp³-hybridized carbons (Fsp3) is 0.452. The van der Waals surface area contributed by atoms with Crippen LogP contribution >= 0.6 is 11.6 Å². The minimum absolute atomic E-state index is 0.627. The van der Waals surface area contributed by atoms with Gasteiger partial charge >= 0.3 is 0 Å². The summed E-state index contributed by atoms with van der Waals surface area (Å²) in [4.78, 5) is 7.48. The lowest BCUT2D eigenvalue weighted by molar-refractivity contribution is 0.159. The largest absolute Gasteiger partial charge is 0.497 e. The number of hydrogen-bond acceptors (Lipinski definition) is 4. The summed E-state index contributed by atoms with van der Waals surface area (Å²) in [5.41, 5.74) is 4.71. The fourth-order valence-electron chi connectivity index (χ4n) is 4.69. The number of nitrogens with zero attached hydrogens (tertiary/aromatic N) is 3. The molecule has 1 aliphatic rings. The molecule has 0 fully saturated rings. The number of rotatable bonds is 14. The van der Waals surface area contributed by atoms with Crippen LogP contribution in [0.2, 0.25) is 5.02 Å². The van der Waals surface area contributed by atoms with Crippen LogP contribution in [0.1, 0.15) is 57.0 Å². The normalized spacial score (nSPS) is 12.9. The molecule has 0 N–H and O–H groups in total. The van der Waals surface area contributed by atoms with Crippen molar-refractivity contribution in [2.24, 2.45) is 0 Å². The Morgan fingerprint density at radius 3 is 2.38 bits per heavy atom. The number of hydrogen-bond donors (Lipinski definition) is 0. The standard InChI is InChI=1S/C31H40ClN3O2/c1-4-7-19-35-30-23-28(37-22-20-34(5-2)6-3)16-17-29(30)33-31(35)25-10-14-27(15-11-25)36-21-18-24-8-12-26(32)13-9-24/h8-15,23H,4-7,16-22H2,1-3H3. The first-order valence-corrected chi connectivity index (χ1v) is 14.1. The van der Waals surface area contributed by atoms with Gasteiger partial charge in [0.05, 0.1) is 23.8 Å². The molecule has 198 valence electrons. The minimum atomic E-state index is 0.627. The summed E-state index contributed by atoms with van der Waals surface area (Å²) in [5.74, 6) is 2.98. The van der Waals surface area contributed by atoms with Gasteiger partial charge in [-0.15, -0.1) is 0 Å². The molecule has 0 amide bonds. The first-order chi connectivity index (χ1) is 18.1. The number of benzene rings is 2. The van der Waals surface area contributed by atoms with E-state index in [0.717, 1.165) is 92.8 Å². The Morgan fingerprint density at radius 1 is 0.919 bits per heavy atom. The molecule has 1 heterocycles. The predicted molar refractivity (Wildman–Crippen MR) is 153 cm³/mol. The number of allylic oxidation sites excluding steroid dienone is 1. The molecule has 2 aromatic carbocycles. The average Bonchev–Trinajstić information content (AvgIpc) is 3.29. The molecule has 0 atom stereocenters. The van der Waals surface area contributed by atoms with Gasteiger partial charge in [-0.25, -0.2) is 4.98 Å². The Balaban J connectivity index is 1.44. The van der Waals surface area contributed by atoms with E-state index in [-0.39, 0.29) is 0 Å². The Bertz CT molecular complexity index is 1150. The third-order valence-corrected chi connectivity index (χ3v) is 7.25. The fourth-order valence-corrected chi connectivity index (χ4v) is 4.81. The number of halogens is 1. The number of likely N-dealkylation sites (N-methyl/N-ethyl adjacent to an activating group) is 1. The maximum atomic E-state index is 6.19. The summed E-state index contributed by atoms with van der Waals surface area (Å²) in [7, 11) is 0. The van der Waals surface area contributed by atoms with Gasteiger partial charge in [0.2, 0.25) is 0 Å². The smallest absolute Gasteiger partial charge is 0.140 e. The number of ether oxygens (including phenoxy) is 2. The lowest BCUT2D eigenvalue weighted by Crippen LogP contribution is -2.27. The van der Waals surface area contributed by atoms with Crippen LogP contribution in [0.25, 0.3) is 17.5 Å². The lowest BCUT2D eigenvalue weighted by Gasteiger charge is -2.20. The molecule has 0 spiro atoms. The zero-order valence-electron chi connectivity index (χ0n) is 22.5. The molecule has 0 unspecified atom stereocenters. The van der Waals surface area contributed by atoms with E-state index in [9.17, 15) is 0 Å². The number of aromatic nitrogens is 2. The van der Waals surface area contributed by atoms with E-state index in [1.807, 2.05) is 36.4 Å². The molecule has 3 aromatic rings. The Labute approximate surface area is 227 Å². The second-order valence-electron chi connectivity index (χ2n) is 9.51. The summed E-state index contributed by atoms with van der Waals surface area (Å²) in [6.45, 7) is 12.0. The van der Waals surface area contributed by atoms with Crippen molar-refractivity contribution in [3.63, 3.8) is 0 Å². The zero-order valence-corrected chi connectivity index (χ0v) is 23.3. The van der Waals surface area contributed by atoms with Gasteiger partial charge in [-0.3, -0.25) is 0 Å². The van der Waals surface area contributed by atoms with Gasteiger partial charge in [-0.1, -0.05) is 50.9 Å². The van der Waals surface area contributed by atoms with Gasteiger partial charge in [0.1, 0.15) is 18.2 Å². The van der Waals surface area contributed by atoms with Crippen LogP contribution in [0.5, 0.6) is 5.75 Å².